The van der Waals surface area contributed by atoms with Crippen molar-refractivity contribution in [1.82, 2.24) is 4.98 Å². The molecule has 100 valence electrons. The van der Waals surface area contributed by atoms with E-state index in [1.807, 2.05) is 6.07 Å². The zero-order valence-electron chi connectivity index (χ0n) is 9.98. The average molecular weight is 334 g/mol. The summed E-state index contributed by atoms with van der Waals surface area (Å²) in [7, 11) is 0. The van der Waals surface area contributed by atoms with Gasteiger partial charge >= 0.3 is 0 Å². The Morgan fingerprint density at radius 1 is 1.15 bits per heavy atom. The van der Waals surface area contributed by atoms with Gasteiger partial charge in [-0.2, -0.15) is 0 Å². The number of hydrogen-bond acceptors (Lipinski definition) is 4. The molecule has 5 nitrogen and oxygen atoms in total. The summed E-state index contributed by atoms with van der Waals surface area (Å²) in [6.07, 6.45) is 2.23. The van der Waals surface area contributed by atoms with Crippen LogP contribution < -0.4 is 0 Å². The fraction of sp³-hybridized carbons (Fsp3) is 0. The number of aromatic nitrogens is 1. The first-order valence-electron chi connectivity index (χ1n) is 5.69. The highest BCUT2D eigenvalue weighted by Gasteiger charge is 2.30. The van der Waals surface area contributed by atoms with E-state index in [0.717, 1.165) is 9.99 Å². The number of halogens is 1. The first-order valence-corrected chi connectivity index (χ1v) is 6.48. The van der Waals surface area contributed by atoms with Crippen LogP contribution >= 0.6 is 15.9 Å². The lowest BCUT2D eigenvalue weighted by atomic mass is 9.93. The van der Waals surface area contributed by atoms with Gasteiger partial charge in [0.05, 0.1) is 5.57 Å². The number of aliphatic hydroxyl groups is 2. The van der Waals surface area contributed by atoms with E-state index in [1.54, 1.807) is 12.1 Å². The molecular weight excluding hydrogens is 326 g/mol. The standard InChI is InChI=1S/C14H8BrNO4/c15-6-1-2-9-7(3-6)8(5-16-9)12-13(19)10(17)4-11(18)14(12)20/h1-5,16-17,20H. The molecule has 0 spiro atoms. The molecule has 2 aromatic rings. The van der Waals surface area contributed by atoms with E-state index in [2.05, 4.69) is 20.9 Å². The molecule has 0 atom stereocenters. The summed E-state index contributed by atoms with van der Waals surface area (Å²) in [5.41, 5.74) is 0.925. The van der Waals surface area contributed by atoms with Gasteiger partial charge in [0, 0.05) is 33.2 Å². The van der Waals surface area contributed by atoms with Crippen LogP contribution in [0.1, 0.15) is 5.56 Å². The maximum absolute atomic E-state index is 12.0. The minimum absolute atomic E-state index is 0.195. The molecule has 0 aliphatic heterocycles. The van der Waals surface area contributed by atoms with Crippen molar-refractivity contribution in [2.45, 2.75) is 0 Å². The van der Waals surface area contributed by atoms with Crippen LogP contribution in [0.3, 0.4) is 0 Å². The van der Waals surface area contributed by atoms with Crippen molar-refractivity contribution < 1.29 is 19.8 Å². The molecule has 3 rings (SSSR count). The number of rotatable bonds is 1. The Hall–Kier alpha value is -2.34. The van der Waals surface area contributed by atoms with Crippen LogP contribution in [0.5, 0.6) is 0 Å². The van der Waals surface area contributed by atoms with Crippen LogP contribution in [0.15, 0.2) is 46.5 Å². The van der Waals surface area contributed by atoms with Gasteiger partial charge in [0.25, 0.3) is 0 Å². The molecule has 0 bridgehead atoms. The van der Waals surface area contributed by atoms with Crippen molar-refractivity contribution in [1.29, 1.82) is 0 Å². The van der Waals surface area contributed by atoms with Gasteiger partial charge < -0.3 is 15.2 Å². The van der Waals surface area contributed by atoms with Crippen LogP contribution in [-0.2, 0) is 9.59 Å². The highest BCUT2D eigenvalue weighted by molar-refractivity contribution is 9.10. The number of allylic oxidation sites excluding steroid dienone is 2. The number of nitrogens with one attached hydrogen (secondary N) is 1. The predicted molar refractivity (Wildman–Crippen MR) is 76.3 cm³/mol. The lowest BCUT2D eigenvalue weighted by molar-refractivity contribution is -0.117. The fourth-order valence-corrected chi connectivity index (χ4v) is 2.53. The van der Waals surface area contributed by atoms with Crippen molar-refractivity contribution >= 4 is 44.0 Å². The van der Waals surface area contributed by atoms with Crippen molar-refractivity contribution in [2.24, 2.45) is 0 Å². The Bertz CT molecular complexity index is 829. The number of carbonyl (C=O) groups is 2. The Morgan fingerprint density at radius 3 is 2.65 bits per heavy atom. The van der Waals surface area contributed by atoms with Crippen LogP contribution in [-0.4, -0.2) is 26.8 Å². The molecule has 1 aromatic carbocycles. The van der Waals surface area contributed by atoms with Crippen LogP contribution in [0.2, 0.25) is 0 Å². The van der Waals surface area contributed by atoms with E-state index in [1.165, 1.54) is 6.20 Å². The molecule has 0 radical (unpaired) electrons. The van der Waals surface area contributed by atoms with Crippen molar-refractivity contribution in [3.63, 3.8) is 0 Å². The number of aliphatic hydroxyl groups excluding tert-OH is 2. The summed E-state index contributed by atoms with van der Waals surface area (Å²) < 4.78 is 0.792. The van der Waals surface area contributed by atoms with E-state index < -0.39 is 23.1 Å². The number of hydrogen-bond donors (Lipinski definition) is 3. The number of aromatic amines is 1. The summed E-state index contributed by atoms with van der Waals surface area (Å²) >= 11 is 3.32. The minimum atomic E-state index is -0.790. The molecule has 1 aliphatic carbocycles. The molecule has 6 heteroatoms. The van der Waals surface area contributed by atoms with Gasteiger partial charge in [-0.1, -0.05) is 15.9 Å². The number of Topliss-reactive ketones (excluding diaryl/α,β-unsaturated/α-hetero) is 1. The molecule has 20 heavy (non-hydrogen) atoms. The smallest absolute Gasteiger partial charge is 0.231 e. The second kappa shape index (κ2) is 4.35. The first kappa shape index (κ1) is 12.7. The summed E-state index contributed by atoms with van der Waals surface area (Å²) in [5.74, 6) is -2.90. The summed E-state index contributed by atoms with van der Waals surface area (Å²) in [6.45, 7) is 0. The number of H-pyrrole nitrogens is 1. The highest BCUT2D eigenvalue weighted by atomic mass is 79.9. The molecule has 1 aromatic heterocycles. The normalized spacial score (nSPS) is 15.9. The Labute approximate surface area is 121 Å². The van der Waals surface area contributed by atoms with Crippen molar-refractivity contribution in [2.75, 3.05) is 0 Å². The zero-order chi connectivity index (χ0) is 14.4. The maximum Gasteiger partial charge on any atom is 0.231 e. The van der Waals surface area contributed by atoms with Gasteiger partial charge in [0.2, 0.25) is 11.6 Å². The lowest BCUT2D eigenvalue weighted by Crippen LogP contribution is -2.18. The Balaban J connectivity index is 2.30. The zero-order valence-corrected chi connectivity index (χ0v) is 11.6. The van der Waals surface area contributed by atoms with Gasteiger partial charge in [-0.25, -0.2) is 0 Å². The van der Waals surface area contributed by atoms with Gasteiger partial charge in [-0.3, -0.25) is 9.59 Å². The quantitative estimate of drug-likeness (QED) is 0.700. The summed E-state index contributed by atoms with van der Waals surface area (Å²) in [5, 5.41) is 20.0. The van der Waals surface area contributed by atoms with Crippen LogP contribution in [0, 0.1) is 0 Å². The number of fused-ring (bicyclic) bond motifs is 1. The predicted octanol–water partition coefficient (Wildman–Crippen LogP) is 2.79. The largest absolute Gasteiger partial charge is 0.504 e. The van der Waals surface area contributed by atoms with Gasteiger partial charge in [0.1, 0.15) is 0 Å². The SMILES string of the molecule is O=C1C=C(O)C(=O)C(c2c[nH]c3ccc(Br)cc23)=C1O. The topological polar surface area (TPSA) is 90.4 Å². The van der Waals surface area contributed by atoms with E-state index in [-0.39, 0.29) is 5.57 Å². The van der Waals surface area contributed by atoms with Crippen molar-refractivity contribution in [3.05, 3.63) is 52.0 Å². The second-order valence-corrected chi connectivity index (χ2v) is 5.25. The number of carbonyl (C=O) groups excluding carboxylic acids is 2. The third kappa shape index (κ3) is 1.77. The Kier molecular flexibility index (Phi) is 2.76. The molecule has 3 N–H and O–H groups in total. The molecule has 1 heterocycles. The molecule has 0 saturated carbocycles. The van der Waals surface area contributed by atoms with E-state index in [9.17, 15) is 19.8 Å². The highest BCUT2D eigenvalue weighted by Crippen LogP contribution is 2.32. The Morgan fingerprint density at radius 2 is 1.90 bits per heavy atom. The fourth-order valence-electron chi connectivity index (χ4n) is 2.17. The van der Waals surface area contributed by atoms with Crippen LogP contribution in [0.4, 0.5) is 0 Å². The molecular formula is C14H8BrNO4. The maximum atomic E-state index is 12.0. The summed E-state index contributed by atoms with van der Waals surface area (Å²) in [6, 6.07) is 5.38. The minimum Gasteiger partial charge on any atom is -0.504 e. The molecule has 0 amide bonds. The van der Waals surface area contributed by atoms with Gasteiger partial charge in [0.15, 0.2) is 11.5 Å². The average Bonchev–Trinajstić information content (AvgIpc) is 2.80. The number of ketones is 2. The lowest BCUT2D eigenvalue weighted by Gasteiger charge is -2.11. The molecule has 1 aliphatic rings. The van der Waals surface area contributed by atoms with Crippen LogP contribution in [0.25, 0.3) is 16.5 Å². The third-order valence-electron chi connectivity index (χ3n) is 3.11. The van der Waals surface area contributed by atoms with E-state index in [0.29, 0.717) is 17.0 Å². The molecule has 0 unspecified atom stereocenters. The van der Waals surface area contributed by atoms with Gasteiger partial charge in [-0.05, 0) is 18.2 Å². The van der Waals surface area contributed by atoms with Crippen molar-refractivity contribution in [3.8, 4) is 0 Å². The second-order valence-electron chi connectivity index (χ2n) is 4.34. The van der Waals surface area contributed by atoms with E-state index >= 15 is 0 Å². The van der Waals surface area contributed by atoms with Gasteiger partial charge in [-0.15, -0.1) is 0 Å². The monoisotopic (exact) mass is 333 g/mol. The number of benzene rings is 1. The van der Waals surface area contributed by atoms with E-state index in [4.69, 9.17) is 0 Å². The summed E-state index contributed by atoms with van der Waals surface area (Å²) in [4.78, 5) is 26.5. The molecule has 0 saturated heterocycles. The first-order chi connectivity index (χ1) is 9.49. The third-order valence-corrected chi connectivity index (χ3v) is 3.60. The molecule has 0 fully saturated rings.